The summed E-state index contributed by atoms with van der Waals surface area (Å²) < 4.78 is 13.3. The van der Waals surface area contributed by atoms with Crippen molar-refractivity contribution in [3.05, 3.63) is 46.4 Å². The number of rotatable bonds is 7. The minimum Gasteiger partial charge on any atom is -0.486 e. The van der Waals surface area contributed by atoms with E-state index in [-0.39, 0.29) is 18.3 Å². The number of amides is 1. The summed E-state index contributed by atoms with van der Waals surface area (Å²) in [5, 5.41) is 0.704. The first-order valence-corrected chi connectivity index (χ1v) is 11.7. The van der Waals surface area contributed by atoms with Gasteiger partial charge in [0.2, 0.25) is 0 Å². The summed E-state index contributed by atoms with van der Waals surface area (Å²) in [6.07, 6.45) is 0. The molecule has 0 bridgehead atoms. The first-order valence-electron chi connectivity index (χ1n) is 10.1. The van der Waals surface area contributed by atoms with Crippen molar-refractivity contribution >= 4 is 60.9 Å². The number of carbonyl (C=O) groups is 1. The van der Waals surface area contributed by atoms with E-state index in [9.17, 15) is 4.79 Å². The molecule has 31 heavy (non-hydrogen) atoms. The van der Waals surface area contributed by atoms with E-state index in [4.69, 9.17) is 14.5 Å². The number of benzene rings is 2. The van der Waals surface area contributed by atoms with Crippen LogP contribution in [0.4, 0.5) is 5.13 Å². The van der Waals surface area contributed by atoms with Gasteiger partial charge in [0.25, 0.3) is 5.91 Å². The molecule has 6 nitrogen and oxygen atoms in total. The largest absolute Gasteiger partial charge is 0.486 e. The van der Waals surface area contributed by atoms with Crippen LogP contribution in [0.2, 0.25) is 0 Å². The molecule has 3 aromatic rings. The second-order valence-corrected chi connectivity index (χ2v) is 8.88. The molecule has 0 atom stereocenters. The molecule has 0 spiro atoms. The Morgan fingerprint density at radius 3 is 2.55 bits per heavy atom. The molecule has 0 radical (unpaired) electrons. The van der Waals surface area contributed by atoms with Crippen molar-refractivity contribution < 1.29 is 14.3 Å². The fourth-order valence-corrected chi connectivity index (χ4v) is 4.94. The molecule has 1 aliphatic rings. The van der Waals surface area contributed by atoms with Crippen molar-refractivity contribution in [2.75, 3.05) is 44.3 Å². The van der Waals surface area contributed by atoms with Crippen LogP contribution in [0.15, 0.2) is 40.9 Å². The third-order valence-electron chi connectivity index (χ3n) is 5.14. The van der Waals surface area contributed by atoms with E-state index in [1.165, 1.54) is 11.3 Å². The lowest BCUT2D eigenvalue weighted by Crippen LogP contribution is -2.38. The van der Waals surface area contributed by atoms with Crippen LogP contribution in [0.25, 0.3) is 10.2 Å². The minimum atomic E-state index is -0.0859. The number of anilines is 1. The number of thiazole rings is 1. The number of likely N-dealkylation sites (N-methyl/N-ethyl adjacent to an activating group) is 1. The van der Waals surface area contributed by atoms with E-state index in [0.717, 1.165) is 34.3 Å². The SMILES string of the molecule is CCN(CC)CCN(C(=O)c1ccc2c(c1)OCCO2)c1nc2ccc(Br)cc2s1.Cl. The van der Waals surface area contributed by atoms with Crippen LogP contribution in [-0.4, -0.2) is 55.2 Å². The van der Waals surface area contributed by atoms with Crippen LogP contribution in [-0.2, 0) is 0 Å². The molecule has 0 saturated heterocycles. The molecule has 0 aliphatic carbocycles. The standard InChI is InChI=1S/C22H24BrN3O3S.ClH/c1-3-25(4-2)9-10-26(22-24-17-7-6-16(23)14-20(17)30-22)21(27)15-5-8-18-19(13-15)29-12-11-28-18;/h5-8,13-14H,3-4,9-12H2,1-2H3;1H. The molecule has 2 heterocycles. The third kappa shape index (κ3) is 5.31. The lowest BCUT2D eigenvalue weighted by Gasteiger charge is -2.25. The summed E-state index contributed by atoms with van der Waals surface area (Å²) in [5.74, 6) is 1.21. The summed E-state index contributed by atoms with van der Waals surface area (Å²) >= 11 is 5.04. The molecular formula is C22H25BrClN3O3S. The maximum absolute atomic E-state index is 13.5. The van der Waals surface area contributed by atoms with E-state index in [1.807, 2.05) is 18.2 Å². The van der Waals surface area contributed by atoms with E-state index in [0.29, 0.717) is 42.0 Å². The molecule has 1 amide bonds. The van der Waals surface area contributed by atoms with Crippen molar-refractivity contribution in [2.24, 2.45) is 0 Å². The zero-order chi connectivity index (χ0) is 21.1. The average Bonchev–Trinajstić information content (AvgIpc) is 3.18. The quantitative estimate of drug-likeness (QED) is 0.421. The minimum absolute atomic E-state index is 0. The van der Waals surface area contributed by atoms with Crippen LogP contribution in [0.1, 0.15) is 24.2 Å². The van der Waals surface area contributed by atoms with Gasteiger partial charge in [-0.05, 0) is 49.5 Å². The summed E-state index contributed by atoms with van der Waals surface area (Å²) in [5.41, 5.74) is 1.46. The fourth-order valence-electron chi connectivity index (χ4n) is 3.40. The van der Waals surface area contributed by atoms with Crippen LogP contribution in [0.3, 0.4) is 0 Å². The van der Waals surface area contributed by atoms with E-state index >= 15 is 0 Å². The predicted molar refractivity (Wildman–Crippen MR) is 131 cm³/mol. The smallest absolute Gasteiger partial charge is 0.260 e. The van der Waals surface area contributed by atoms with Gasteiger partial charge in [0.05, 0.1) is 10.2 Å². The molecule has 1 aliphatic heterocycles. The van der Waals surface area contributed by atoms with Crippen LogP contribution in [0, 0.1) is 0 Å². The predicted octanol–water partition coefficient (Wildman–Crippen LogP) is 5.24. The molecule has 0 unspecified atom stereocenters. The van der Waals surface area contributed by atoms with Gasteiger partial charge in [0.15, 0.2) is 16.6 Å². The summed E-state index contributed by atoms with van der Waals surface area (Å²) in [7, 11) is 0. The summed E-state index contributed by atoms with van der Waals surface area (Å²) in [6, 6.07) is 11.3. The number of carbonyl (C=O) groups excluding carboxylic acids is 1. The van der Waals surface area contributed by atoms with Gasteiger partial charge < -0.3 is 14.4 Å². The average molecular weight is 527 g/mol. The Morgan fingerprint density at radius 2 is 1.81 bits per heavy atom. The van der Waals surface area contributed by atoms with Gasteiger partial charge in [-0.15, -0.1) is 12.4 Å². The Morgan fingerprint density at radius 1 is 1.06 bits per heavy atom. The molecular weight excluding hydrogens is 502 g/mol. The van der Waals surface area contributed by atoms with Crippen molar-refractivity contribution in [3.8, 4) is 11.5 Å². The first-order chi connectivity index (χ1) is 14.6. The Hall–Kier alpha value is -1.87. The van der Waals surface area contributed by atoms with Gasteiger partial charge in [0, 0.05) is 23.1 Å². The molecule has 2 aromatic carbocycles. The Kier molecular flexibility index (Phi) is 8.16. The van der Waals surface area contributed by atoms with Crippen molar-refractivity contribution in [1.82, 2.24) is 9.88 Å². The number of aromatic nitrogens is 1. The van der Waals surface area contributed by atoms with Crippen LogP contribution < -0.4 is 14.4 Å². The summed E-state index contributed by atoms with van der Waals surface area (Å²) in [6.45, 7) is 8.50. The van der Waals surface area contributed by atoms with Gasteiger partial charge in [0.1, 0.15) is 13.2 Å². The second kappa shape index (κ2) is 10.6. The van der Waals surface area contributed by atoms with Gasteiger partial charge in [-0.25, -0.2) is 4.98 Å². The Balaban J connectivity index is 0.00000272. The highest BCUT2D eigenvalue weighted by atomic mass is 79.9. The second-order valence-electron chi connectivity index (χ2n) is 6.95. The number of hydrogen-bond acceptors (Lipinski definition) is 6. The lowest BCUT2D eigenvalue weighted by molar-refractivity contribution is 0.0982. The highest BCUT2D eigenvalue weighted by Gasteiger charge is 2.24. The fraction of sp³-hybridized carbons (Fsp3) is 0.364. The highest BCUT2D eigenvalue weighted by Crippen LogP contribution is 2.34. The highest BCUT2D eigenvalue weighted by molar-refractivity contribution is 9.10. The Bertz CT molecular complexity index is 1060. The zero-order valence-corrected chi connectivity index (χ0v) is 20.7. The number of hydrogen-bond donors (Lipinski definition) is 0. The van der Waals surface area contributed by atoms with Gasteiger partial charge in [-0.3, -0.25) is 9.69 Å². The normalized spacial score (nSPS) is 12.6. The van der Waals surface area contributed by atoms with Crippen LogP contribution in [0.5, 0.6) is 11.5 Å². The molecule has 0 N–H and O–H groups in total. The maximum atomic E-state index is 13.5. The molecule has 0 fully saturated rings. The van der Waals surface area contributed by atoms with E-state index < -0.39 is 0 Å². The lowest BCUT2D eigenvalue weighted by atomic mass is 10.1. The van der Waals surface area contributed by atoms with E-state index in [2.05, 4.69) is 34.7 Å². The number of fused-ring (bicyclic) bond motifs is 2. The first kappa shape index (κ1) is 23.8. The van der Waals surface area contributed by atoms with Gasteiger partial charge >= 0.3 is 0 Å². The molecule has 166 valence electrons. The van der Waals surface area contributed by atoms with E-state index in [1.54, 1.807) is 23.1 Å². The van der Waals surface area contributed by atoms with Gasteiger partial charge in [-0.2, -0.15) is 0 Å². The maximum Gasteiger partial charge on any atom is 0.260 e. The zero-order valence-electron chi connectivity index (χ0n) is 17.5. The topological polar surface area (TPSA) is 54.9 Å². The molecule has 0 saturated carbocycles. The Labute approximate surface area is 200 Å². The molecule has 4 rings (SSSR count). The monoisotopic (exact) mass is 525 g/mol. The third-order valence-corrected chi connectivity index (χ3v) is 6.67. The summed E-state index contributed by atoms with van der Waals surface area (Å²) in [4.78, 5) is 22.4. The van der Waals surface area contributed by atoms with Crippen molar-refractivity contribution in [2.45, 2.75) is 13.8 Å². The van der Waals surface area contributed by atoms with Crippen molar-refractivity contribution in [1.29, 1.82) is 0 Å². The number of nitrogens with zero attached hydrogens (tertiary/aromatic N) is 3. The van der Waals surface area contributed by atoms with Crippen molar-refractivity contribution in [3.63, 3.8) is 0 Å². The molecule has 9 heteroatoms. The molecule has 1 aromatic heterocycles. The number of ether oxygens (including phenoxy) is 2. The number of halogens is 2. The van der Waals surface area contributed by atoms with Crippen LogP contribution >= 0.6 is 39.7 Å². The van der Waals surface area contributed by atoms with Gasteiger partial charge in [-0.1, -0.05) is 41.1 Å².